The van der Waals surface area contributed by atoms with Crippen molar-refractivity contribution in [2.45, 2.75) is 6.54 Å². The largest absolute Gasteiger partial charge is 0.497 e. The van der Waals surface area contributed by atoms with Gasteiger partial charge in [-0.05, 0) is 24.3 Å². The summed E-state index contributed by atoms with van der Waals surface area (Å²) < 4.78 is 21.5. The maximum Gasteiger partial charge on any atom is 0.258 e. The molecule has 0 aromatic heterocycles. The van der Waals surface area contributed by atoms with Crippen molar-refractivity contribution in [3.63, 3.8) is 0 Å². The van der Waals surface area contributed by atoms with Crippen LogP contribution in [0.4, 0.5) is 0 Å². The number of nitrogens with one attached hydrogen (secondary N) is 1. The van der Waals surface area contributed by atoms with Crippen molar-refractivity contribution in [2.75, 3.05) is 54.6 Å². The van der Waals surface area contributed by atoms with Gasteiger partial charge in [-0.15, -0.1) is 0 Å². The lowest BCUT2D eigenvalue weighted by Gasteiger charge is -2.32. The van der Waals surface area contributed by atoms with E-state index >= 15 is 0 Å². The molecule has 29 heavy (non-hydrogen) atoms. The van der Waals surface area contributed by atoms with E-state index in [0.717, 1.165) is 36.7 Å². The predicted octanol–water partition coefficient (Wildman–Crippen LogP) is 1.26. The number of ether oxygens (including phenoxy) is 4. The highest BCUT2D eigenvalue weighted by molar-refractivity contribution is 5.97. The van der Waals surface area contributed by atoms with E-state index in [2.05, 4.69) is 0 Å². The van der Waals surface area contributed by atoms with Gasteiger partial charge in [0.15, 0.2) is 11.5 Å². The van der Waals surface area contributed by atoms with E-state index < -0.39 is 0 Å². The van der Waals surface area contributed by atoms with Crippen LogP contribution in [0, 0.1) is 0 Å². The molecule has 156 valence electrons. The number of hydrogen-bond acceptors (Lipinski definition) is 5. The quantitative estimate of drug-likeness (QED) is 0.757. The molecule has 2 aromatic rings. The Morgan fingerprint density at radius 3 is 2.28 bits per heavy atom. The SMILES string of the molecule is COc1ccc(C[NH+]2CCN(C(=O)c3cccc(OC)c3OC)CC2)c(OC)c1. The number of amides is 1. The van der Waals surface area contributed by atoms with Gasteiger partial charge in [0.1, 0.15) is 18.0 Å². The summed E-state index contributed by atoms with van der Waals surface area (Å²) in [5, 5.41) is 0. The molecule has 1 aliphatic rings. The molecule has 0 aliphatic carbocycles. The minimum absolute atomic E-state index is 0.0261. The highest BCUT2D eigenvalue weighted by Gasteiger charge is 2.28. The lowest BCUT2D eigenvalue weighted by Crippen LogP contribution is -3.13. The molecule has 0 spiro atoms. The molecular weight excluding hydrogens is 372 g/mol. The van der Waals surface area contributed by atoms with Crippen molar-refractivity contribution in [2.24, 2.45) is 0 Å². The molecule has 0 unspecified atom stereocenters. The standard InChI is InChI=1S/C22H28N2O5/c1-26-17-9-8-16(20(14-17)28-3)15-23-10-12-24(13-11-23)22(25)18-6-5-7-19(27-2)21(18)29-4/h5-9,14H,10-13,15H2,1-4H3/p+1. The number of piperazine rings is 1. The molecule has 7 heteroatoms. The van der Waals surface area contributed by atoms with Crippen molar-refractivity contribution < 1.29 is 28.6 Å². The number of carbonyl (C=O) groups is 1. The second kappa shape index (κ2) is 9.52. The maximum atomic E-state index is 13.0. The Kier molecular flexibility index (Phi) is 6.82. The molecule has 1 saturated heterocycles. The third kappa shape index (κ3) is 4.56. The van der Waals surface area contributed by atoms with Crippen LogP contribution in [0.3, 0.4) is 0 Å². The minimum atomic E-state index is -0.0261. The topological polar surface area (TPSA) is 61.7 Å². The van der Waals surface area contributed by atoms with Crippen LogP contribution in [-0.2, 0) is 6.54 Å². The zero-order valence-corrected chi connectivity index (χ0v) is 17.5. The normalized spacial score (nSPS) is 14.4. The monoisotopic (exact) mass is 401 g/mol. The summed E-state index contributed by atoms with van der Waals surface area (Å²) in [7, 11) is 6.44. The van der Waals surface area contributed by atoms with Crippen molar-refractivity contribution in [3.05, 3.63) is 47.5 Å². The van der Waals surface area contributed by atoms with Gasteiger partial charge in [-0.2, -0.15) is 0 Å². The van der Waals surface area contributed by atoms with Crippen LogP contribution in [0.1, 0.15) is 15.9 Å². The summed E-state index contributed by atoms with van der Waals surface area (Å²) in [6, 6.07) is 11.3. The molecule has 0 bridgehead atoms. The van der Waals surface area contributed by atoms with Crippen LogP contribution in [0.15, 0.2) is 36.4 Å². The van der Waals surface area contributed by atoms with Crippen LogP contribution in [-0.4, -0.2) is 65.4 Å². The van der Waals surface area contributed by atoms with Gasteiger partial charge in [-0.25, -0.2) is 0 Å². The first-order valence-corrected chi connectivity index (χ1v) is 9.66. The first-order chi connectivity index (χ1) is 14.1. The molecule has 1 heterocycles. The van der Waals surface area contributed by atoms with Crippen molar-refractivity contribution in [1.82, 2.24) is 4.90 Å². The summed E-state index contributed by atoms with van der Waals surface area (Å²) in [5.41, 5.74) is 1.67. The number of methoxy groups -OCH3 is 4. The average Bonchev–Trinajstić information content (AvgIpc) is 2.78. The van der Waals surface area contributed by atoms with Crippen LogP contribution in [0.25, 0.3) is 0 Å². The van der Waals surface area contributed by atoms with Crippen molar-refractivity contribution >= 4 is 5.91 Å². The Bertz CT molecular complexity index is 847. The molecule has 0 atom stereocenters. The maximum absolute atomic E-state index is 13.0. The molecule has 7 nitrogen and oxygen atoms in total. The Morgan fingerprint density at radius 1 is 0.931 bits per heavy atom. The fraction of sp³-hybridized carbons (Fsp3) is 0.409. The molecule has 1 amide bonds. The predicted molar refractivity (Wildman–Crippen MR) is 109 cm³/mol. The van der Waals surface area contributed by atoms with Gasteiger partial charge in [-0.1, -0.05) is 6.07 Å². The van der Waals surface area contributed by atoms with E-state index in [0.29, 0.717) is 30.2 Å². The zero-order valence-electron chi connectivity index (χ0n) is 17.5. The van der Waals surface area contributed by atoms with E-state index in [1.807, 2.05) is 29.2 Å². The lowest BCUT2D eigenvalue weighted by atomic mass is 10.1. The summed E-state index contributed by atoms with van der Waals surface area (Å²) in [6.45, 7) is 3.96. The van der Waals surface area contributed by atoms with E-state index in [9.17, 15) is 4.79 Å². The Morgan fingerprint density at radius 2 is 1.66 bits per heavy atom. The van der Waals surface area contributed by atoms with Gasteiger partial charge in [0.2, 0.25) is 0 Å². The van der Waals surface area contributed by atoms with Gasteiger partial charge in [-0.3, -0.25) is 4.79 Å². The summed E-state index contributed by atoms with van der Waals surface area (Å²) in [4.78, 5) is 16.3. The average molecular weight is 401 g/mol. The van der Waals surface area contributed by atoms with Crippen molar-refractivity contribution in [1.29, 1.82) is 0 Å². The second-order valence-electron chi connectivity index (χ2n) is 6.94. The second-order valence-corrected chi connectivity index (χ2v) is 6.94. The molecular formula is C22H29N2O5+. The van der Waals surface area contributed by atoms with E-state index in [-0.39, 0.29) is 5.91 Å². The zero-order chi connectivity index (χ0) is 20.8. The number of para-hydroxylation sites is 1. The molecule has 1 aliphatic heterocycles. The van der Waals surface area contributed by atoms with Gasteiger partial charge >= 0.3 is 0 Å². The minimum Gasteiger partial charge on any atom is -0.497 e. The highest BCUT2D eigenvalue weighted by Crippen LogP contribution is 2.31. The van der Waals surface area contributed by atoms with E-state index in [1.165, 1.54) is 4.90 Å². The van der Waals surface area contributed by atoms with Crippen LogP contribution >= 0.6 is 0 Å². The van der Waals surface area contributed by atoms with Gasteiger partial charge < -0.3 is 28.7 Å². The van der Waals surface area contributed by atoms with Gasteiger partial charge in [0.25, 0.3) is 5.91 Å². The fourth-order valence-corrected chi connectivity index (χ4v) is 3.70. The van der Waals surface area contributed by atoms with Gasteiger partial charge in [0.05, 0.1) is 60.2 Å². The first kappa shape index (κ1) is 20.8. The third-order valence-corrected chi connectivity index (χ3v) is 5.33. The number of quaternary nitrogens is 1. The molecule has 3 rings (SSSR count). The highest BCUT2D eigenvalue weighted by atomic mass is 16.5. The third-order valence-electron chi connectivity index (χ3n) is 5.33. The van der Waals surface area contributed by atoms with Crippen molar-refractivity contribution in [3.8, 4) is 23.0 Å². The number of nitrogens with zero attached hydrogens (tertiary/aromatic N) is 1. The summed E-state index contributed by atoms with van der Waals surface area (Å²) >= 11 is 0. The molecule has 0 radical (unpaired) electrons. The van der Waals surface area contributed by atoms with Crippen LogP contribution < -0.4 is 23.8 Å². The summed E-state index contributed by atoms with van der Waals surface area (Å²) in [5.74, 6) is 2.63. The van der Waals surface area contributed by atoms with Crippen LogP contribution in [0.5, 0.6) is 23.0 Å². The number of hydrogen-bond donors (Lipinski definition) is 1. The molecule has 0 saturated carbocycles. The number of benzene rings is 2. The Labute approximate surface area is 171 Å². The molecule has 1 N–H and O–H groups in total. The Hall–Kier alpha value is -2.93. The first-order valence-electron chi connectivity index (χ1n) is 9.66. The van der Waals surface area contributed by atoms with Gasteiger partial charge in [0, 0.05) is 11.6 Å². The smallest absolute Gasteiger partial charge is 0.258 e. The summed E-state index contributed by atoms with van der Waals surface area (Å²) in [6.07, 6.45) is 0. The van der Waals surface area contributed by atoms with E-state index in [1.54, 1.807) is 40.6 Å². The van der Waals surface area contributed by atoms with Crippen LogP contribution in [0.2, 0.25) is 0 Å². The molecule has 1 fully saturated rings. The van der Waals surface area contributed by atoms with E-state index in [4.69, 9.17) is 18.9 Å². The fourth-order valence-electron chi connectivity index (χ4n) is 3.70. The number of carbonyl (C=O) groups excluding carboxylic acids is 1. The molecule has 2 aromatic carbocycles. The lowest BCUT2D eigenvalue weighted by molar-refractivity contribution is -0.917. The Balaban J connectivity index is 1.65. The number of rotatable bonds is 7.